The molecular formula is C36H42N2O3. The first-order valence-electron chi connectivity index (χ1n) is 15.4. The van der Waals surface area contributed by atoms with Gasteiger partial charge in [0.25, 0.3) is 0 Å². The van der Waals surface area contributed by atoms with Crippen LogP contribution in [0, 0.1) is 0 Å². The average Bonchev–Trinajstić information content (AvgIpc) is 3.29. The van der Waals surface area contributed by atoms with Gasteiger partial charge in [-0.2, -0.15) is 0 Å². The maximum absolute atomic E-state index is 10.3. The molecule has 4 aromatic rings. The zero-order chi connectivity index (χ0) is 28.0. The third-order valence-corrected chi connectivity index (χ3v) is 8.82. The van der Waals surface area contributed by atoms with Gasteiger partial charge in [0.15, 0.2) is 0 Å². The SMILES string of the molecule is Oc1ccc(-c2ccc3cc(O)ccc3c2C(c2ccc(OCCN3CCCCC3)cc2)N2CCCCCC2)cc1. The van der Waals surface area contributed by atoms with E-state index in [4.69, 9.17) is 4.74 Å². The Labute approximate surface area is 244 Å². The van der Waals surface area contributed by atoms with E-state index in [0.29, 0.717) is 6.61 Å². The second-order valence-electron chi connectivity index (χ2n) is 11.7. The molecule has 0 amide bonds. The molecule has 0 bridgehead atoms. The van der Waals surface area contributed by atoms with Crippen molar-refractivity contribution >= 4 is 10.8 Å². The van der Waals surface area contributed by atoms with Crippen LogP contribution in [0.25, 0.3) is 21.9 Å². The van der Waals surface area contributed by atoms with E-state index in [2.05, 4.69) is 52.3 Å². The van der Waals surface area contributed by atoms with Crippen LogP contribution in [0.4, 0.5) is 0 Å². The summed E-state index contributed by atoms with van der Waals surface area (Å²) in [7, 11) is 0. The first kappa shape index (κ1) is 27.6. The van der Waals surface area contributed by atoms with Gasteiger partial charge >= 0.3 is 0 Å². The van der Waals surface area contributed by atoms with Crippen molar-refractivity contribution in [3.63, 3.8) is 0 Å². The van der Waals surface area contributed by atoms with Gasteiger partial charge in [-0.1, -0.05) is 61.7 Å². The highest BCUT2D eigenvalue weighted by Gasteiger charge is 2.28. The summed E-state index contributed by atoms with van der Waals surface area (Å²) >= 11 is 0. The topological polar surface area (TPSA) is 56.2 Å². The van der Waals surface area contributed by atoms with Gasteiger partial charge in [-0.3, -0.25) is 9.80 Å². The summed E-state index contributed by atoms with van der Waals surface area (Å²) in [4.78, 5) is 5.15. The number of piperidine rings is 1. The van der Waals surface area contributed by atoms with E-state index in [-0.39, 0.29) is 17.5 Å². The van der Waals surface area contributed by atoms with E-state index in [1.54, 1.807) is 18.2 Å². The van der Waals surface area contributed by atoms with Crippen LogP contribution in [-0.4, -0.2) is 59.3 Å². The Hall–Kier alpha value is -3.54. The van der Waals surface area contributed by atoms with Gasteiger partial charge < -0.3 is 14.9 Å². The van der Waals surface area contributed by atoms with Crippen LogP contribution < -0.4 is 4.74 Å². The highest BCUT2D eigenvalue weighted by Crippen LogP contribution is 2.42. The number of rotatable bonds is 8. The lowest BCUT2D eigenvalue weighted by Crippen LogP contribution is -2.33. The van der Waals surface area contributed by atoms with Crippen LogP contribution in [0.3, 0.4) is 0 Å². The zero-order valence-electron chi connectivity index (χ0n) is 24.0. The highest BCUT2D eigenvalue weighted by atomic mass is 16.5. The summed E-state index contributed by atoms with van der Waals surface area (Å²) in [5, 5.41) is 22.5. The number of aromatic hydroxyl groups is 2. The number of fused-ring (bicyclic) bond motifs is 1. The summed E-state index contributed by atoms with van der Waals surface area (Å²) < 4.78 is 6.20. The second-order valence-corrected chi connectivity index (χ2v) is 11.7. The lowest BCUT2D eigenvalue weighted by Gasteiger charge is -2.34. The largest absolute Gasteiger partial charge is 0.508 e. The van der Waals surface area contributed by atoms with Crippen LogP contribution in [0.1, 0.15) is 62.1 Å². The Balaban J connectivity index is 1.39. The normalized spacial score (nSPS) is 17.8. The third kappa shape index (κ3) is 6.52. The Morgan fingerprint density at radius 2 is 1.32 bits per heavy atom. The molecule has 2 saturated heterocycles. The minimum Gasteiger partial charge on any atom is -0.508 e. The molecule has 0 aliphatic carbocycles. The Kier molecular flexibility index (Phi) is 8.74. The number of hydrogen-bond donors (Lipinski definition) is 2. The number of phenolic OH excluding ortho intramolecular Hbond substituents is 2. The average molecular weight is 551 g/mol. The van der Waals surface area contributed by atoms with Crippen LogP contribution in [0.15, 0.2) is 78.9 Å². The number of benzene rings is 4. The van der Waals surface area contributed by atoms with Crippen LogP contribution in [0.5, 0.6) is 17.2 Å². The molecular weight excluding hydrogens is 508 g/mol. The fraction of sp³-hybridized carbons (Fsp3) is 0.389. The monoisotopic (exact) mass is 550 g/mol. The molecule has 0 saturated carbocycles. The molecule has 5 nitrogen and oxygen atoms in total. The van der Waals surface area contributed by atoms with Crippen molar-refractivity contribution in [2.45, 2.75) is 51.0 Å². The summed E-state index contributed by atoms with van der Waals surface area (Å²) in [6, 6.07) is 26.3. The second kappa shape index (κ2) is 13.0. The van der Waals surface area contributed by atoms with Gasteiger partial charge in [0.05, 0.1) is 6.04 Å². The summed E-state index contributed by atoms with van der Waals surface area (Å²) in [5.74, 6) is 1.46. The molecule has 2 fully saturated rings. The standard InChI is InChI=1S/C36H42N2O3/c39-30-13-8-27(9-14-30)33-18-12-29-26-31(40)15-19-34(29)35(33)36(38-22-6-1-2-7-23-38)28-10-16-32(17-11-28)41-25-24-37-20-4-3-5-21-37/h8-19,26,36,39-40H,1-7,20-25H2. The fourth-order valence-electron chi connectivity index (χ4n) is 6.66. The van der Waals surface area contributed by atoms with Gasteiger partial charge in [0, 0.05) is 6.54 Å². The molecule has 6 rings (SSSR count). The Morgan fingerprint density at radius 1 is 0.659 bits per heavy atom. The fourth-order valence-corrected chi connectivity index (χ4v) is 6.66. The maximum atomic E-state index is 10.3. The minimum atomic E-state index is 0.0487. The smallest absolute Gasteiger partial charge is 0.119 e. The van der Waals surface area contributed by atoms with Crippen LogP contribution in [0.2, 0.25) is 0 Å². The van der Waals surface area contributed by atoms with Gasteiger partial charge in [0.1, 0.15) is 23.9 Å². The summed E-state index contributed by atoms with van der Waals surface area (Å²) in [6.07, 6.45) is 8.85. The molecule has 0 aromatic heterocycles. The number of phenols is 2. The molecule has 4 aromatic carbocycles. The van der Waals surface area contributed by atoms with E-state index in [9.17, 15) is 10.2 Å². The third-order valence-electron chi connectivity index (χ3n) is 8.82. The van der Waals surface area contributed by atoms with Gasteiger partial charge in [-0.05, 0) is 121 Å². The summed E-state index contributed by atoms with van der Waals surface area (Å²) in [5.41, 5.74) is 4.72. The summed E-state index contributed by atoms with van der Waals surface area (Å²) in [6.45, 7) is 6.16. The van der Waals surface area contributed by atoms with E-state index in [0.717, 1.165) is 47.3 Å². The van der Waals surface area contributed by atoms with E-state index in [1.165, 1.54) is 69.2 Å². The molecule has 2 N–H and O–H groups in total. The molecule has 0 spiro atoms. The molecule has 2 aliphatic heterocycles. The highest BCUT2D eigenvalue weighted by molar-refractivity contribution is 5.93. The number of ether oxygens (including phenoxy) is 1. The first-order valence-corrected chi connectivity index (χ1v) is 15.4. The minimum absolute atomic E-state index is 0.0487. The predicted octanol–water partition coefficient (Wildman–Crippen LogP) is 7.75. The molecule has 5 heteroatoms. The number of nitrogens with zero attached hydrogens (tertiary/aromatic N) is 2. The number of likely N-dealkylation sites (tertiary alicyclic amines) is 2. The zero-order valence-corrected chi connectivity index (χ0v) is 24.0. The quantitative estimate of drug-likeness (QED) is 0.235. The van der Waals surface area contributed by atoms with Gasteiger partial charge in [-0.15, -0.1) is 0 Å². The number of hydrogen-bond acceptors (Lipinski definition) is 5. The van der Waals surface area contributed by atoms with Crippen molar-refractivity contribution in [2.24, 2.45) is 0 Å². The predicted molar refractivity (Wildman–Crippen MR) is 167 cm³/mol. The maximum Gasteiger partial charge on any atom is 0.119 e. The van der Waals surface area contributed by atoms with Gasteiger partial charge in [0.2, 0.25) is 0 Å². The van der Waals surface area contributed by atoms with Crippen molar-refractivity contribution in [1.82, 2.24) is 9.80 Å². The van der Waals surface area contributed by atoms with E-state index >= 15 is 0 Å². The molecule has 214 valence electrons. The lowest BCUT2D eigenvalue weighted by atomic mass is 9.85. The van der Waals surface area contributed by atoms with Crippen molar-refractivity contribution in [2.75, 3.05) is 39.3 Å². The van der Waals surface area contributed by atoms with E-state index < -0.39 is 0 Å². The molecule has 2 aliphatic rings. The Morgan fingerprint density at radius 3 is 2.05 bits per heavy atom. The van der Waals surface area contributed by atoms with Crippen LogP contribution in [-0.2, 0) is 0 Å². The first-order chi connectivity index (χ1) is 20.2. The molecule has 1 atom stereocenters. The molecule has 2 heterocycles. The Bertz CT molecular complexity index is 1420. The van der Waals surface area contributed by atoms with Crippen molar-refractivity contribution in [1.29, 1.82) is 0 Å². The van der Waals surface area contributed by atoms with E-state index in [1.807, 2.05) is 18.2 Å². The lowest BCUT2D eigenvalue weighted by molar-refractivity contribution is 0.183. The van der Waals surface area contributed by atoms with Gasteiger partial charge in [-0.25, -0.2) is 0 Å². The molecule has 1 unspecified atom stereocenters. The van der Waals surface area contributed by atoms with Crippen molar-refractivity contribution in [3.8, 4) is 28.4 Å². The van der Waals surface area contributed by atoms with Crippen LogP contribution >= 0.6 is 0 Å². The molecule has 0 radical (unpaired) electrons. The molecule has 41 heavy (non-hydrogen) atoms. The van der Waals surface area contributed by atoms with Crippen molar-refractivity contribution < 1.29 is 14.9 Å². The van der Waals surface area contributed by atoms with Crippen molar-refractivity contribution in [3.05, 3.63) is 90.0 Å².